The van der Waals surface area contributed by atoms with Gasteiger partial charge in [-0.25, -0.2) is 0 Å². The first kappa shape index (κ1) is 25.1. The highest BCUT2D eigenvalue weighted by molar-refractivity contribution is 6.11. The van der Waals surface area contributed by atoms with E-state index < -0.39 is 0 Å². The molecule has 3 aromatic heterocycles. The highest BCUT2D eigenvalue weighted by atomic mass is 15.0. The Kier molecular flexibility index (Phi) is 5.53. The van der Waals surface area contributed by atoms with E-state index >= 15 is 0 Å². The molecule has 0 amide bonds. The molecule has 0 radical (unpaired) electrons. The lowest BCUT2D eigenvalue weighted by Crippen LogP contribution is -2.03. The number of hydrogen-bond acceptors (Lipinski definition) is 4. The predicted molar refractivity (Wildman–Crippen MR) is 172 cm³/mol. The minimum Gasteiger partial charge on any atom is -0.309 e. The molecule has 8 aromatic rings. The standard InChI is InChI=1S/C38H20N6/c39-21-24-11-14-34-29(18-24)27-6-1-3-8-32(27)43(34)36-16-13-26(23-41)20-31(36)38-37(10-5-17-42-38)44-33-9-4-2-7-28(33)30-19-25(22-40)12-15-35(30)44/h1-20H. The average molecular weight is 561 g/mol. The van der Waals surface area contributed by atoms with Gasteiger partial charge in [0, 0.05) is 33.3 Å². The molecule has 0 spiro atoms. The second kappa shape index (κ2) is 9.71. The molecule has 3 heterocycles. The summed E-state index contributed by atoms with van der Waals surface area (Å²) in [6, 6.07) is 44.3. The molecular formula is C38H20N6. The molecular weight excluding hydrogens is 540 g/mol. The second-order valence-corrected chi connectivity index (χ2v) is 10.6. The third-order valence-electron chi connectivity index (χ3n) is 8.25. The number of aromatic nitrogens is 3. The van der Waals surface area contributed by atoms with E-state index in [4.69, 9.17) is 4.98 Å². The predicted octanol–water partition coefficient (Wildman–Crippen LogP) is 8.56. The van der Waals surface area contributed by atoms with Crippen molar-refractivity contribution in [2.24, 2.45) is 0 Å². The van der Waals surface area contributed by atoms with Crippen molar-refractivity contribution in [2.45, 2.75) is 0 Å². The van der Waals surface area contributed by atoms with E-state index in [1.807, 2.05) is 91.0 Å². The van der Waals surface area contributed by atoms with Crippen molar-refractivity contribution < 1.29 is 0 Å². The van der Waals surface area contributed by atoms with E-state index in [-0.39, 0.29) is 0 Å². The first-order valence-corrected chi connectivity index (χ1v) is 14.1. The normalized spacial score (nSPS) is 11.1. The fourth-order valence-corrected chi connectivity index (χ4v) is 6.38. The second-order valence-electron chi connectivity index (χ2n) is 10.6. The molecule has 202 valence electrons. The molecule has 8 rings (SSSR count). The number of nitriles is 3. The number of rotatable bonds is 3. The number of fused-ring (bicyclic) bond motifs is 6. The van der Waals surface area contributed by atoms with Gasteiger partial charge in [0.1, 0.15) is 0 Å². The lowest BCUT2D eigenvalue weighted by atomic mass is 10.0. The fourth-order valence-electron chi connectivity index (χ4n) is 6.38. The van der Waals surface area contributed by atoms with Crippen LogP contribution in [0.2, 0.25) is 0 Å². The third-order valence-corrected chi connectivity index (χ3v) is 8.25. The van der Waals surface area contributed by atoms with E-state index in [9.17, 15) is 15.8 Å². The van der Waals surface area contributed by atoms with Crippen LogP contribution in [0, 0.1) is 34.0 Å². The molecule has 0 aliphatic carbocycles. The number of para-hydroxylation sites is 2. The van der Waals surface area contributed by atoms with E-state index in [1.165, 1.54) is 0 Å². The SMILES string of the molecule is N#Cc1ccc(-n2c3ccccc3c3cc(C#N)ccc32)c(-c2ncccc2-n2c3ccccc3c3cc(C#N)ccc32)c1. The number of nitrogens with zero attached hydrogens (tertiary/aromatic N) is 6. The van der Waals surface area contributed by atoms with Crippen molar-refractivity contribution in [3.63, 3.8) is 0 Å². The van der Waals surface area contributed by atoms with Crippen LogP contribution in [0.5, 0.6) is 0 Å². The van der Waals surface area contributed by atoms with Gasteiger partial charge in [-0.15, -0.1) is 0 Å². The highest BCUT2D eigenvalue weighted by Crippen LogP contribution is 2.40. The van der Waals surface area contributed by atoms with Gasteiger partial charge < -0.3 is 9.13 Å². The van der Waals surface area contributed by atoms with E-state index in [2.05, 4.69) is 51.6 Å². The Bertz CT molecular complexity index is 2600. The number of pyridine rings is 1. The van der Waals surface area contributed by atoms with E-state index in [0.717, 1.165) is 60.5 Å². The van der Waals surface area contributed by atoms with Crippen LogP contribution in [0.4, 0.5) is 0 Å². The van der Waals surface area contributed by atoms with Crippen LogP contribution >= 0.6 is 0 Å². The zero-order valence-electron chi connectivity index (χ0n) is 23.2. The summed E-state index contributed by atoms with van der Waals surface area (Å²) in [4.78, 5) is 4.95. The van der Waals surface area contributed by atoms with Crippen LogP contribution in [0.25, 0.3) is 66.2 Å². The first-order valence-electron chi connectivity index (χ1n) is 14.1. The summed E-state index contributed by atoms with van der Waals surface area (Å²) in [5, 5.41) is 33.3. The van der Waals surface area contributed by atoms with Crippen molar-refractivity contribution >= 4 is 43.6 Å². The fraction of sp³-hybridized carbons (Fsp3) is 0. The molecule has 0 aliphatic heterocycles. The van der Waals surface area contributed by atoms with Crippen LogP contribution in [-0.2, 0) is 0 Å². The van der Waals surface area contributed by atoms with Crippen molar-refractivity contribution in [1.82, 2.24) is 14.1 Å². The molecule has 0 atom stereocenters. The van der Waals surface area contributed by atoms with Crippen LogP contribution < -0.4 is 0 Å². The highest BCUT2D eigenvalue weighted by Gasteiger charge is 2.21. The van der Waals surface area contributed by atoms with Gasteiger partial charge in [0.25, 0.3) is 0 Å². The first-order chi connectivity index (χ1) is 21.7. The Hall–Kier alpha value is -6.68. The summed E-state index contributed by atoms with van der Waals surface area (Å²) in [7, 11) is 0. The zero-order chi connectivity index (χ0) is 29.8. The molecule has 0 aliphatic rings. The van der Waals surface area contributed by atoms with Gasteiger partial charge in [-0.3, -0.25) is 4.98 Å². The van der Waals surface area contributed by atoms with Gasteiger partial charge >= 0.3 is 0 Å². The number of hydrogen-bond donors (Lipinski definition) is 0. The number of benzene rings is 5. The summed E-state index contributed by atoms with van der Waals surface area (Å²) in [5.74, 6) is 0. The largest absolute Gasteiger partial charge is 0.309 e. The average Bonchev–Trinajstić information content (AvgIpc) is 3.60. The minimum absolute atomic E-state index is 0.522. The summed E-state index contributed by atoms with van der Waals surface area (Å²) >= 11 is 0. The maximum absolute atomic E-state index is 9.98. The summed E-state index contributed by atoms with van der Waals surface area (Å²) < 4.78 is 4.37. The summed E-state index contributed by atoms with van der Waals surface area (Å²) in [6.45, 7) is 0. The quantitative estimate of drug-likeness (QED) is 0.216. The molecule has 0 N–H and O–H groups in total. The third kappa shape index (κ3) is 3.61. The van der Waals surface area contributed by atoms with Crippen molar-refractivity contribution in [3.05, 3.63) is 138 Å². The van der Waals surface area contributed by atoms with Crippen LogP contribution in [-0.4, -0.2) is 14.1 Å². The molecule has 0 bridgehead atoms. The molecule has 0 saturated heterocycles. The molecule has 0 fully saturated rings. The van der Waals surface area contributed by atoms with Gasteiger partial charge in [-0.05, 0) is 78.9 Å². The van der Waals surface area contributed by atoms with E-state index in [1.54, 1.807) is 6.20 Å². The summed E-state index contributed by atoms with van der Waals surface area (Å²) in [6.07, 6.45) is 1.77. The van der Waals surface area contributed by atoms with Crippen LogP contribution in [0.3, 0.4) is 0 Å². The van der Waals surface area contributed by atoms with Gasteiger partial charge in [0.05, 0.1) is 74.0 Å². The molecule has 6 nitrogen and oxygen atoms in total. The van der Waals surface area contributed by atoms with Gasteiger partial charge in [0.2, 0.25) is 0 Å². The molecule has 5 aromatic carbocycles. The van der Waals surface area contributed by atoms with E-state index in [0.29, 0.717) is 22.4 Å². The Morgan fingerprint density at radius 1 is 0.455 bits per heavy atom. The Labute approximate surface area is 252 Å². The topological polar surface area (TPSA) is 94.1 Å². The molecule has 6 heteroatoms. The molecule has 0 saturated carbocycles. The monoisotopic (exact) mass is 560 g/mol. The summed E-state index contributed by atoms with van der Waals surface area (Å²) in [5.41, 5.74) is 8.84. The van der Waals surface area contributed by atoms with Crippen LogP contribution in [0.1, 0.15) is 16.7 Å². The van der Waals surface area contributed by atoms with Gasteiger partial charge in [-0.1, -0.05) is 36.4 Å². The van der Waals surface area contributed by atoms with Crippen molar-refractivity contribution in [3.8, 4) is 40.8 Å². The van der Waals surface area contributed by atoms with Crippen molar-refractivity contribution in [2.75, 3.05) is 0 Å². The Morgan fingerprint density at radius 2 is 0.955 bits per heavy atom. The minimum atomic E-state index is 0.522. The van der Waals surface area contributed by atoms with Gasteiger partial charge in [0.15, 0.2) is 0 Å². The lowest BCUT2D eigenvalue weighted by molar-refractivity contribution is 1.13. The smallest absolute Gasteiger partial charge is 0.0991 e. The maximum atomic E-state index is 9.98. The van der Waals surface area contributed by atoms with Gasteiger partial charge in [-0.2, -0.15) is 15.8 Å². The molecule has 0 unspecified atom stereocenters. The zero-order valence-corrected chi connectivity index (χ0v) is 23.2. The van der Waals surface area contributed by atoms with Crippen molar-refractivity contribution in [1.29, 1.82) is 15.8 Å². The maximum Gasteiger partial charge on any atom is 0.0991 e. The Morgan fingerprint density at radius 3 is 1.55 bits per heavy atom. The van der Waals surface area contributed by atoms with Crippen LogP contribution in [0.15, 0.2) is 121 Å². The lowest BCUT2D eigenvalue weighted by Gasteiger charge is -2.18. The molecule has 44 heavy (non-hydrogen) atoms. The Balaban J connectivity index is 1.48.